The minimum atomic E-state index is -5.75. The van der Waals surface area contributed by atoms with E-state index in [1.807, 2.05) is 0 Å². The van der Waals surface area contributed by atoms with E-state index in [9.17, 15) is 22.0 Å². The quantitative estimate of drug-likeness (QED) is 0.582. The maximum atomic E-state index is 12.3. The van der Waals surface area contributed by atoms with Crippen molar-refractivity contribution in [3.05, 3.63) is 11.8 Å². The SMILES string of the molecule is Oc1cc(C(F)(F)C(F)(F)F)no1.[NaH]. The number of hydrogen-bond donors (Lipinski definition) is 1. The van der Waals surface area contributed by atoms with Crippen molar-refractivity contribution in [2.24, 2.45) is 0 Å². The fraction of sp³-hybridized carbons (Fsp3) is 0.400. The summed E-state index contributed by atoms with van der Waals surface area (Å²) in [6.07, 6.45) is -5.75. The topological polar surface area (TPSA) is 46.3 Å². The Morgan fingerprint density at radius 2 is 1.71 bits per heavy atom. The molecule has 0 amide bonds. The Bertz CT molecular complexity index is 309. The summed E-state index contributed by atoms with van der Waals surface area (Å²) >= 11 is 0. The van der Waals surface area contributed by atoms with Crippen molar-refractivity contribution >= 4 is 29.6 Å². The van der Waals surface area contributed by atoms with Gasteiger partial charge >= 0.3 is 47.6 Å². The van der Waals surface area contributed by atoms with E-state index < -0.39 is 23.7 Å². The summed E-state index contributed by atoms with van der Waals surface area (Å²) in [6, 6.07) is 0.105. The van der Waals surface area contributed by atoms with Crippen LogP contribution in [0.3, 0.4) is 0 Å². The zero-order valence-electron chi connectivity index (χ0n) is 5.77. The number of hydrogen-bond acceptors (Lipinski definition) is 3. The van der Waals surface area contributed by atoms with Crippen LogP contribution in [-0.2, 0) is 5.92 Å². The molecule has 0 aromatic carbocycles. The van der Waals surface area contributed by atoms with E-state index in [0.717, 1.165) is 0 Å². The summed E-state index contributed by atoms with van der Waals surface area (Å²) in [7, 11) is 0. The van der Waals surface area contributed by atoms with Gasteiger partial charge in [0.05, 0.1) is 6.07 Å². The van der Waals surface area contributed by atoms with Gasteiger partial charge in [-0.3, -0.25) is 0 Å². The van der Waals surface area contributed by atoms with E-state index in [-0.39, 0.29) is 35.6 Å². The fourth-order valence-corrected chi connectivity index (χ4v) is 0.559. The molecule has 0 fully saturated rings. The summed E-state index contributed by atoms with van der Waals surface area (Å²) < 4.78 is 63.2. The predicted molar refractivity (Wildman–Crippen MR) is 35.3 cm³/mol. The predicted octanol–water partition coefficient (Wildman–Crippen LogP) is 1.39. The van der Waals surface area contributed by atoms with Gasteiger partial charge in [-0.05, 0) is 0 Å². The first kappa shape index (κ1) is 13.7. The first-order chi connectivity index (χ1) is 5.75. The monoisotopic (exact) mass is 227 g/mol. The van der Waals surface area contributed by atoms with Gasteiger partial charge in [-0.1, -0.05) is 5.16 Å². The molecule has 0 radical (unpaired) electrons. The van der Waals surface area contributed by atoms with Crippen molar-refractivity contribution in [1.82, 2.24) is 5.16 Å². The van der Waals surface area contributed by atoms with Crippen molar-refractivity contribution in [2.45, 2.75) is 12.1 Å². The Morgan fingerprint density at radius 1 is 1.21 bits per heavy atom. The van der Waals surface area contributed by atoms with E-state index in [0.29, 0.717) is 0 Å². The van der Waals surface area contributed by atoms with Crippen LogP contribution in [0.5, 0.6) is 5.95 Å². The van der Waals surface area contributed by atoms with Gasteiger partial charge in [0.25, 0.3) is 0 Å². The summed E-state index contributed by atoms with van der Waals surface area (Å²) in [5.74, 6) is -6.21. The molecule has 0 aliphatic heterocycles. The average Bonchev–Trinajstić information content (AvgIpc) is 2.33. The molecule has 9 heteroatoms. The van der Waals surface area contributed by atoms with Gasteiger partial charge in [-0.2, -0.15) is 22.0 Å². The third-order valence-corrected chi connectivity index (χ3v) is 1.18. The Labute approximate surface area is 96.2 Å². The normalized spacial score (nSPS) is 12.4. The van der Waals surface area contributed by atoms with Crippen LogP contribution in [-0.4, -0.2) is 46.0 Å². The molecule has 0 bridgehead atoms. The van der Waals surface area contributed by atoms with Crippen LogP contribution in [0.15, 0.2) is 10.6 Å². The second kappa shape index (κ2) is 4.03. The van der Waals surface area contributed by atoms with Gasteiger partial charge in [0.15, 0.2) is 5.69 Å². The van der Waals surface area contributed by atoms with Gasteiger partial charge in [0.2, 0.25) is 0 Å². The number of nitrogens with zero attached hydrogens (tertiary/aromatic N) is 1. The van der Waals surface area contributed by atoms with Crippen LogP contribution in [0.1, 0.15) is 5.69 Å². The summed E-state index contributed by atoms with van der Waals surface area (Å²) in [5.41, 5.74) is -1.67. The minimum absolute atomic E-state index is 0. The Kier molecular flexibility index (Phi) is 3.93. The molecule has 14 heavy (non-hydrogen) atoms. The fourth-order valence-electron chi connectivity index (χ4n) is 0.559. The van der Waals surface area contributed by atoms with Gasteiger partial charge in [0, 0.05) is 0 Å². The molecule has 0 saturated heterocycles. The van der Waals surface area contributed by atoms with Gasteiger partial charge < -0.3 is 9.63 Å². The van der Waals surface area contributed by atoms with Gasteiger partial charge in [0.1, 0.15) is 0 Å². The van der Waals surface area contributed by atoms with E-state index in [1.165, 1.54) is 0 Å². The Balaban J connectivity index is 0.00000169. The molecule has 1 aromatic rings. The maximum absolute atomic E-state index is 12.3. The van der Waals surface area contributed by atoms with Gasteiger partial charge in [-0.25, -0.2) is 0 Å². The van der Waals surface area contributed by atoms with Crippen LogP contribution >= 0.6 is 0 Å². The van der Waals surface area contributed by atoms with E-state index >= 15 is 0 Å². The molecule has 0 aliphatic carbocycles. The molecule has 0 aliphatic rings. The third kappa shape index (κ3) is 2.37. The number of aromatic nitrogens is 1. The number of halogens is 5. The molecular weight excluding hydrogens is 224 g/mol. The molecule has 1 aromatic heterocycles. The van der Waals surface area contributed by atoms with E-state index in [2.05, 4.69) is 9.68 Å². The van der Waals surface area contributed by atoms with Crippen molar-refractivity contribution in [1.29, 1.82) is 0 Å². The molecule has 1 N–H and O–H groups in total. The Morgan fingerprint density at radius 3 is 2.00 bits per heavy atom. The first-order valence-electron chi connectivity index (χ1n) is 2.86. The van der Waals surface area contributed by atoms with Crippen molar-refractivity contribution in [3.63, 3.8) is 0 Å². The van der Waals surface area contributed by atoms with Crippen LogP contribution in [0.25, 0.3) is 0 Å². The molecule has 3 nitrogen and oxygen atoms in total. The molecule has 1 rings (SSSR count). The molecule has 0 atom stereocenters. The second-order valence-electron chi connectivity index (χ2n) is 2.12. The molecule has 0 saturated carbocycles. The van der Waals surface area contributed by atoms with Crippen molar-refractivity contribution < 1.29 is 31.6 Å². The zero-order valence-corrected chi connectivity index (χ0v) is 5.77. The first-order valence-corrected chi connectivity index (χ1v) is 2.86. The zero-order chi connectivity index (χ0) is 10.3. The number of aromatic hydroxyl groups is 1. The van der Waals surface area contributed by atoms with E-state index in [1.54, 1.807) is 0 Å². The van der Waals surface area contributed by atoms with E-state index in [4.69, 9.17) is 5.11 Å². The third-order valence-electron chi connectivity index (χ3n) is 1.18. The summed E-state index contributed by atoms with van der Waals surface area (Å²) in [6.45, 7) is 0. The Hall–Kier alpha value is -0.340. The van der Waals surface area contributed by atoms with Crippen LogP contribution in [0.4, 0.5) is 22.0 Å². The van der Waals surface area contributed by atoms with Crippen LogP contribution < -0.4 is 0 Å². The molecule has 0 unspecified atom stereocenters. The number of alkyl halides is 5. The average molecular weight is 227 g/mol. The second-order valence-corrected chi connectivity index (χ2v) is 2.12. The molecule has 1 heterocycles. The van der Waals surface area contributed by atoms with Crippen molar-refractivity contribution in [2.75, 3.05) is 0 Å². The molecule has 0 spiro atoms. The van der Waals surface area contributed by atoms with Gasteiger partial charge in [-0.15, -0.1) is 0 Å². The van der Waals surface area contributed by atoms with Crippen molar-refractivity contribution in [3.8, 4) is 5.95 Å². The summed E-state index contributed by atoms with van der Waals surface area (Å²) in [5, 5.41) is 10.7. The molecular formula is C5H3F5NNaO2. The standard InChI is InChI=1S/C5H2F5NO2.Na.H/c6-4(7,5(8,9)10)2-1-3(12)13-11-2;;/h1,12H;;. The number of rotatable bonds is 1. The van der Waals surface area contributed by atoms with Crippen LogP contribution in [0, 0.1) is 0 Å². The summed E-state index contributed by atoms with van der Waals surface area (Å²) in [4.78, 5) is 0. The molecule has 76 valence electrons. The van der Waals surface area contributed by atoms with Crippen LogP contribution in [0.2, 0.25) is 0 Å².